The minimum atomic E-state index is -0.113. The first-order chi connectivity index (χ1) is 19.9. The van der Waals surface area contributed by atoms with Crippen molar-refractivity contribution in [3.8, 4) is 17.2 Å². The zero-order chi connectivity index (χ0) is 29.2. The number of benzene rings is 3. The van der Waals surface area contributed by atoms with E-state index in [0.29, 0.717) is 30.2 Å². The second-order valence-corrected chi connectivity index (χ2v) is 10.6. The van der Waals surface area contributed by atoms with Gasteiger partial charge >= 0.3 is 0 Å². The van der Waals surface area contributed by atoms with Gasteiger partial charge in [-0.2, -0.15) is 0 Å². The maximum absolute atomic E-state index is 12.5. The predicted octanol–water partition coefficient (Wildman–Crippen LogP) is 7.33. The molecule has 0 aliphatic heterocycles. The van der Waals surface area contributed by atoms with Gasteiger partial charge in [0.15, 0.2) is 11.5 Å². The Hall–Kier alpha value is -3.71. The molecule has 4 aromatic rings. The number of rotatable bonds is 15. The largest absolute Gasteiger partial charge is 0.494 e. The fraction of sp³-hybridized carbons (Fsp3) is 0.394. The van der Waals surface area contributed by atoms with Gasteiger partial charge in [0.1, 0.15) is 11.6 Å². The minimum Gasteiger partial charge on any atom is -0.494 e. The Morgan fingerprint density at radius 3 is 2.41 bits per heavy atom. The van der Waals surface area contributed by atoms with Crippen LogP contribution in [0, 0.1) is 13.8 Å². The quantitative estimate of drug-likeness (QED) is 0.150. The third-order valence-electron chi connectivity index (χ3n) is 7.20. The minimum absolute atomic E-state index is 0.113. The van der Waals surface area contributed by atoms with Crippen LogP contribution in [-0.2, 0) is 13.0 Å². The number of para-hydroxylation sites is 2. The van der Waals surface area contributed by atoms with Gasteiger partial charge in [-0.3, -0.25) is 4.79 Å². The standard InChI is InChI=1S/C33H40ClN3O4/c1-23-20-26(21-24(2)32(23)34)41-19-11-10-18-37-28-13-8-7-12-27(28)36-31(37)14-6-5-9-17-35-33(38)25-15-16-29(39-3)30(22-25)40-4/h7-8,12-13,15-16,20-22H,5-6,9-11,14,17-19H2,1-4H3,(H,35,38). The van der Waals surface area contributed by atoms with E-state index in [0.717, 1.165) is 78.3 Å². The van der Waals surface area contributed by atoms with E-state index in [1.54, 1.807) is 32.4 Å². The molecule has 0 saturated carbocycles. The van der Waals surface area contributed by atoms with Crippen LogP contribution in [0.2, 0.25) is 5.02 Å². The Morgan fingerprint density at radius 2 is 1.66 bits per heavy atom. The summed E-state index contributed by atoms with van der Waals surface area (Å²) in [5.41, 5.74) is 4.84. The lowest BCUT2D eigenvalue weighted by molar-refractivity contribution is 0.0952. The van der Waals surface area contributed by atoms with Crippen molar-refractivity contribution in [3.63, 3.8) is 0 Å². The van der Waals surface area contributed by atoms with E-state index in [-0.39, 0.29) is 5.91 Å². The van der Waals surface area contributed by atoms with Crippen LogP contribution in [0.25, 0.3) is 11.0 Å². The Bertz CT molecular complexity index is 1440. The van der Waals surface area contributed by atoms with Crippen LogP contribution in [0.5, 0.6) is 17.2 Å². The number of unbranched alkanes of at least 4 members (excludes halogenated alkanes) is 3. The number of aryl methyl sites for hydroxylation is 4. The highest BCUT2D eigenvalue weighted by Gasteiger charge is 2.12. The SMILES string of the molecule is COc1ccc(C(=O)NCCCCCc2nc3ccccc3n2CCCCOc2cc(C)c(Cl)c(C)c2)cc1OC. The van der Waals surface area contributed by atoms with Gasteiger partial charge in [-0.1, -0.05) is 30.2 Å². The number of amides is 1. The zero-order valence-corrected chi connectivity index (χ0v) is 25.2. The van der Waals surface area contributed by atoms with Gasteiger partial charge in [-0.15, -0.1) is 0 Å². The number of nitrogens with one attached hydrogen (secondary N) is 1. The summed E-state index contributed by atoms with van der Waals surface area (Å²) in [7, 11) is 3.14. The van der Waals surface area contributed by atoms with Crippen LogP contribution in [-0.4, -0.2) is 42.8 Å². The molecule has 0 unspecified atom stereocenters. The van der Waals surface area contributed by atoms with E-state index in [4.69, 9.17) is 30.8 Å². The first kappa shape index (κ1) is 30.3. The molecular weight excluding hydrogens is 538 g/mol. The monoisotopic (exact) mass is 577 g/mol. The van der Waals surface area contributed by atoms with Gasteiger partial charge in [0.05, 0.1) is 31.9 Å². The highest BCUT2D eigenvalue weighted by atomic mass is 35.5. The van der Waals surface area contributed by atoms with E-state index in [1.807, 2.05) is 32.0 Å². The Morgan fingerprint density at radius 1 is 0.902 bits per heavy atom. The first-order valence-corrected chi connectivity index (χ1v) is 14.6. The lowest BCUT2D eigenvalue weighted by Crippen LogP contribution is -2.24. The number of carbonyl (C=O) groups excluding carboxylic acids is 1. The van der Waals surface area contributed by atoms with Crippen molar-refractivity contribution in [1.82, 2.24) is 14.9 Å². The fourth-order valence-electron chi connectivity index (χ4n) is 4.98. The number of fused-ring (bicyclic) bond motifs is 1. The molecular formula is C33H40ClN3O4. The summed E-state index contributed by atoms with van der Waals surface area (Å²) in [6.07, 6.45) is 5.77. The lowest BCUT2D eigenvalue weighted by atomic mass is 10.1. The second-order valence-electron chi connectivity index (χ2n) is 10.2. The molecule has 1 N–H and O–H groups in total. The Balaban J connectivity index is 1.23. The second kappa shape index (κ2) is 14.8. The van der Waals surface area contributed by atoms with Crippen LogP contribution in [0.4, 0.5) is 0 Å². The Kier molecular flexibility index (Phi) is 10.9. The average Bonchev–Trinajstić information content (AvgIpc) is 3.33. The molecule has 1 aromatic heterocycles. The van der Waals surface area contributed by atoms with E-state index in [9.17, 15) is 4.79 Å². The number of halogens is 1. The molecule has 218 valence electrons. The molecule has 0 saturated heterocycles. The number of carbonyl (C=O) groups is 1. The number of imidazole rings is 1. The van der Waals surface area contributed by atoms with Crippen molar-refractivity contribution in [3.05, 3.63) is 82.1 Å². The topological polar surface area (TPSA) is 74.6 Å². The Labute approximate surface area is 247 Å². The van der Waals surface area contributed by atoms with E-state index >= 15 is 0 Å². The van der Waals surface area contributed by atoms with E-state index < -0.39 is 0 Å². The molecule has 0 radical (unpaired) electrons. The summed E-state index contributed by atoms with van der Waals surface area (Å²) in [5.74, 6) is 3.02. The molecule has 0 aliphatic carbocycles. The number of aromatic nitrogens is 2. The maximum Gasteiger partial charge on any atom is 0.251 e. The first-order valence-electron chi connectivity index (χ1n) is 14.2. The number of methoxy groups -OCH3 is 2. The lowest BCUT2D eigenvalue weighted by Gasteiger charge is -2.12. The van der Waals surface area contributed by atoms with Gasteiger partial charge in [0.2, 0.25) is 0 Å². The molecule has 4 rings (SSSR count). The van der Waals surface area contributed by atoms with Crippen molar-refractivity contribution in [2.45, 2.75) is 58.9 Å². The molecule has 41 heavy (non-hydrogen) atoms. The number of ether oxygens (including phenoxy) is 3. The van der Waals surface area contributed by atoms with Crippen LogP contribution >= 0.6 is 11.6 Å². The maximum atomic E-state index is 12.5. The molecule has 1 heterocycles. The molecule has 0 spiro atoms. The van der Waals surface area contributed by atoms with Gasteiger partial charge in [-0.05, 0) is 93.1 Å². The van der Waals surface area contributed by atoms with Gasteiger partial charge in [0.25, 0.3) is 5.91 Å². The molecule has 0 atom stereocenters. The third kappa shape index (κ3) is 7.94. The van der Waals surface area contributed by atoms with Crippen LogP contribution in [0.3, 0.4) is 0 Å². The molecule has 7 nitrogen and oxygen atoms in total. The van der Waals surface area contributed by atoms with Crippen LogP contribution in [0.1, 0.15) is 59.4 Å². The van der Waals surface area contributed by atoms with Crippen molar-refractivity contribution < 1.29 is 19.0 Å². The van der Waals surface area contributed by atoms with E-state index in [2.05, 4.69) is 28.1 Å². The summed E-state index contributed by atoms with van der Waals surface area (Å²) in [6.45, 7) is 6.20. The summed E-state index contributed by atoms with van der Waals surface area (Å²) in [4.78, 5) is 17.5. The fourth-order valence-corrected chi connectivity index (χ4v) is 5.09. The molecule has 0 fully saturated rings. The zero-order valence-electron chi connectivity index (χ0n) is 24.5. The molecule has 0 bridgehead atoms. The van der Waals surface area contributed by atoms with Crippen LogP contribution in [0.15, 0.2) is 54.6 Å². The smallest absolute Gasteiger partial charge is 0.251 e. The normalized spacial score (nSPS) is 11.0. The van der Waals surface area contributed by atoms with Gasteiger partial charge in [0, 0.05) is 30.1 Å². The number of hydrogen-bond donors (Lipinski definition) is 1. The van der Waals surface area contributed by atoms with Crippen molar-refractivity contribution in [1.29, 1.82) is 0 Å². The predicted molar refractivity (Wildman–Crippen MR) is 165 cm³/mol. The van der Waals surface area contributed by atoms with Crippen molar-refractivity contribution in [2.24, 2.45) is 0 Å². The summed E-state index contributed by atoms with van der Waals surface area (Å²) >= 11 is 6.28. The third-order valence-corrected chi connectivity index (χ3v) is 7.79. The molecule has 0 aliphatic rings. The number of hydrogen-bond acceptors (Lipinski definition) is 5. The molecule has 3 aromatic carbocycles. The van der Waals surface area contributed by atoms with Gasteiger partial charge < -0.3 is 24.1 Å². The van der Waals surface area contributed by atoms with Crippen LogP contribution < -0.4 is 19.5 Å². The summed E-state index contributed by atoms with van der Waals surface area (Å²) in [5, 5.41) is 3.81. The molecule has 8 heteroatoms. The summed E-state index contributed by atoms with van der Waals surface area (Å²) < 4.78 is 18.9. The van der Waals surface area contributed by atoms with E-state index in [1.165, 1.54) is 5.52 Å². The van der Waals surface area contributed by atoms with Crippen molar-refractivity contribution in [2.75, 3.05) is 27.4 Å². The highest BCUT2D eigenvalue weighted by Crippen LogP contribution is 2.28. The highest BCUT2D eigenvalue weighted by molar-refractivity contribution is 6.32. The molecule has 1 amide bonds. The van der Waals surface area contributed by atoms with Crippen molar-refractivity contribution >= 4 is 28.5 Å². The summed E-state index contributed by atoms with van der Waals surface area (Å²) in [6, 6.07) is 17.5. The van der Waals surface area contributed by atoms with Gasteiger partial charge in [-0.25, -0.2) is 4.98 Å². The number of nitrogens with zero attached hydrogens (tertiary/aromatic N) is 2. The average molecular weight is 578 g/mol.